The fraction of sp³-hybridized carbons (Fsp3) is 0.692. The number of aromatic nitrogens is 3. The van der Waals surface area contributed by atoms with E-state index in [1.165, 1.54) is 25.5 Å². The van der Waals surface area contributed by atoms with Gasteiger partial charge in [-0.25, -0.2) is 4.68 Å². The molecule has 1 aliphatic heterocycles. The second-order valence-electron chi connectivity index (χ2n) is 5.43. The van der Waals surface area contributed by atoms with E-state index >= 15 is 0 Å². The Morgan fingerprint density at radius 2 is 2.10 bits per heavy atom. The molecule has 116 valence electrons. The molecule has 8 nitrogen and oxygen atoms in total. The van der Waals surface area contributed by atoms with Crippen molar-refractivity contribution in [1.82, 2.24) is 25.2 Å². The lowest BCUT2D eigenvalue weighted by Crippen LogP contribution is -2.43. The van der Waals surface area contributed by atoms with Gasteiger partial charge in [-0.2, -0.15) is 0 Å². The summed E-state index contributed by atoms with van der Waals surface area (Å²) in [6.45, 7) is 4.62. The van der Waals surface area contributed by atoms with E-state index < -0.39 is 5.97 Å². The van der Waals surface area contributed by atoms with Gasteiger partial charge in [0, 0.05) is 12.6 Å². The number of piperidine rings is 1. The van der Waals surface area contributed by atoms with Crippen molar-refractivity contribution in [2.45, 2.75) is 38.8 Å². The maximum absolute atomic E-state index is 12.0. The van der Waals surface area contributed by atoms with Gasteiger partial charge in [0.15, 0.2) is 5.69 Å². The van der Waals surface area contributed by atoms with E-state index in [1.807, 2.05) is 6.92 Å². The summed E-state index contributed by atoms with van der Waals surface area (Å²) in [5.41, 5.74) is 0.141. The summed E-state index contributed by atoms with van der Waals surface area (Å²) < 4.78 is 1.13. The highest BCUT2D eigenvalue weighted by molar-refractivity contribution is 5.92. The molecule has 1 unspecified atom stereocenters. The van der Waals surface area contributed by atoms with Crippen LogP contribution in [-0.4, -0.2) is 62.6 Å². The van der Waals surface area contributed by atoms with Gasteiger partial charge in [-0.3, -0.25) is 9.59 Å². The van der Waals surface area contributed by atoms with Gasteiger partial charge in [0.05, 0.1) is 6.20 Å². The van der Waals surface area contributed by atoms with Crippen molar-refractivity contribution in [3.63, 3.8) is 0 Å². The molecule has 2 heterocycles. The summed E-state index contributed by atoms with van der Waals surface area (Å²) in [4.78, 5) is 24.9. The Labute approximate surface area is 123 Å². The van der Waals surface area contributed by atoms with Crippen LogP contribution in [0.1, 0.15) is 36.7 Å². The van der Waals surface area contributed by atoms with Crippen LogP contribution in [0.25, 0.3) is 0 Å². The van der Waals surface area contributed by atoms with Crippen molar-refractivity contribution in [2.24, 2.45) is 0 Å². The van der Waals surface area contributed by atoms with Crippen LogP contribution >= 0.6 is 0 Å². The van der Waals surface area contributed by atoms with Crippen LogP contribution in [-0.2, 0) is 11.3 Å². The van der Waals surface area contributed by atoms with Gasteiger partial charge in [0.2, 0.25) is 0 Å². The predicted molar refractivity (Wildman–Crippen MR) is 74.9 cm³/mol. The predicted octanol–water partition coefficient (Wildman–Crippen LogP) is -0.0331. The average Bonchev–Trinajstić information content (AvgIpc) is 2.87. The minimum atomic E-state index is -1.02. The first kappa shape index (κ1) is 15.4. The molecule has 1 aromatic heterocycles. The van der Waals surface area contributed by atoms with Gasteiger partial charge in [-0.15, -0.1) is 5.10 Å². The van der Waals surface area contributed by atoms with Crippen molar-refractivity contribution in [3.8, 4) is 0 Å². The van der Waals surface area contributed by atoms with Crippen LogP contribution in [0, 0.1) is 0 Å². The molecular weight excluding hydrogens is 274 g/mol. The highest BCUT2D eigenvalue weighted by atomic mass is 16.4. The fourth-order valence-electron chi connectivity index (χ4n) is 2.49. The number of carboxylic acid groups (broad SMARTS) is 1. The van der Waals surface area contributed by atoms with Gasteiger partial charge in [0.25, 0.3) is 5.91 Å². The van der Waals surface area contributed by atoms with E-state index in [9.17, 15) is 9.59 Å². The SMILES string of the molecule is CC(CN1CCCCC1)NC(=O)c1cn(CC(=O)O)nn1. The summed E-state index contributed by atoms with van der Waals surface area (Å²) in [5, 5.41) is 18.8. The van der Waals surface area contributed by atoms with Gasteiger partial charge < -0.3 is 15.3 Å². The largest absolute Gasteiger partial charge is 0.480 e. The van der Waals surface area contributed by atoms with E-state index in [4.69, 9.17) is 5.11 Å². The Hall–Kier alpha value is -1.96. The topological polar surface area (TPSA) is 100 Å². The van der Waals surface area contributed by atoms with Crippen molar-refractivity contribution >= 4 is 11.9 Å². The molecular formula is C13H21N5O3. The first-order valence-electron chi connectivity index (χ1n) is 7.20. The third-order valence-electron chi connectivity index (χ3n) is 3.43. The molecule has 2 N–H and O–H groups in total. The molecule has 0 radical (unpaired) electrons. The van der Waals surface area contributed by atoms with Crippen molar-refractivity contribution < 1.29 is 14.7 Å². The lowest BCUT2D eigenvalue weighted by Gasteiger charge is -2.29. The number of hydrogen-bond acceptors (Lipinski definition) is 5. The van der Waals surface area contributed by atoms with Crippen molar-refractivity contribution in [2.75, 3.05) is 19.6 Å². The normalized spacial score (nSPS) is 17.4. The zero-order valence-electron chi connectivity index (χ0n) is 12.2. The summed E-state index contributed by atoms with van der Waals surface area (Å²) in [6.07, 6.45) is 5.05. The summed E-state index contributed by atoms with van der Waals surface area (Å²) in [5.74, 6) is -1.35. The van der Waals surface area contributed by atoms with Crippen LogP contribution in [0.15, 0.2) is 6.20 Å². The standard InChI is InChI=1S/C13H21N5O3/c1-10(7-17-5-3-2-4-6-17)14-13(21)11-8-18(16-15-11)9-12(19)20/h8,10H,2-7,9H2,1H3,(H,14,21)(H,19,20). The fourth-order valence-corrected chi connectivity index (χ4v) is 2.49. The maximum Gasteiger partial charge on any atom is 0.325 e. The average molecular weight is 295 g/mol. The van der Waals surface area contributed by atoms with Crippen LogP contribution in [0.4, 0.5) is 0 Å². The molecule has 0 aliphatic carbocycles. The van der Waals surface area contributed by atoms with Crippen LogP contribution in [0.2, 0.25) is 0 Å². The Kier molecular flexibility index (Phi) is 5.26. The lowest BCUT2D eigenvalue weighted by atomic mass is 10.1. The van der Waals surface area contributed by atoms with E-state index in [-0.39, 0.29) is 24.2 Å². The highest BCUT2D eigenvalue weighted by Crippen LogP contribution is 2.08. The Morgan fingerprint density at radius 1 is 1.38 bits per heavy atom. The monoisotopic (exact) mass is 295 g/mol. The first-order valence-corrected chi connectivity index (χ1v) is 7.20. The van der Waals surface area contributed by atoms with E-state index in [0.717, 1.165) is 24.3 Å². The number of carboxylic acids is 1. The smallest absolute Gasteiger partial charge is 0.325 e. The van der Waals surface area contributed by atoms with E-state index in [2.05, 4.69) is 20.5 Å². The van der Waals surface area contributed by atoms with Gasteiger partial charge >= 0.3 is 5.97 Å². The quantitative estimate of drug-likeness (QED) is 0.764. The minimum absolute atomic E-state index is 0.0141. The number of rotatable bonds is 6. The van der Waals surface area contributed by atoms with Crippen LogP contribution in [0.3, 0.4) is 0 Å². The number of likely N-dealkylation sites (tertiary alicyclic amines) is 1. The summed E-state index contributed by atoms with van der Waals surface area (Å²) in [7, 11) is 0. The number of carbonyl (C=O) groups is 2. The maximum atomic E-state index is 12.0. The van der Waals surface area contributed by atoms with Gasteiger partial charge in [-0.1, -0.05) is 11.6 Å². The lowest BCUT2D eigenvalue weighted by molar-refractivity contribution is -0.137. The van der Waals surface area contributed by atoms with E-state index in [1.54, 1.807) is 0 Å². The molecule has 0 aromatic carbocycles. The Morgan fingerprint density at radius 3 is 2.76 bits per heavy atom. The molecule has 1 saturated heterocycles. The first-order chi connectivity index (χ1) is 10.0. The number of nitrogens with zero attached hydrogens (tertiary/aromatic N) is 4. The number of hydrogen-bond donors (Lipinski definition) is 2. The third-order valence-corrected chi connectivity index (χ3v) is 3.43. The molecule has 0 bridgehead atoms. The molecule has 1 amide bonds. The number of carbonyl (C=O) groups excluding carboxylic acids is 1. The third kappa shape index (κ3) is 4.82. The van der Waals surface area contributed by atoms with E-state index in [0.29, 0.717) is 0 Å². The molecule has 21 heavy (non-hydrogen) atoms. The molecule has 1 aromatic rings. The zero-order chi connectivity index (χ0) is 15.2. The van der Waals surface area contributed by atoms with Gasteiger partial charge in [-0.05, 0) is 32.9 Å². The van der Waals surface area contributed by atoms with Crippen LogP contribution < -0.4 is 5.32 Å². The summed E-state index contributed by atoms with van der Waals surface area (Å²) in [6, 6.07) is 0.0141. The molecule has 1 aliphatic rings. The van der Waals surface area contributed by atoms with Crippen LogP contribution in [0.5, 0.6) is 0 Å². The number of nitrogens with one attached hydrogen (secondary N) is 1. The molecule has 8 heteroatoms. The molecule has 0 saturated carbocycles. The van der Waals surface area contributed by atoms with Gasteiger partial charge in [0.1, 0.15) is 6.54 Å². The molecule has 2 rings (SSSR count). The second kappa shape index (κ2) is 7.16. The Bertz CT molecular complexity index is 496. The second-order valence-corrected chi connectivity index (χ2v) is 5.43. The number of amides is 1. The minimum Gasteiger partial charge on any atom is -0.480 e. The molecule has 1 fully saturated rings. The Balaban J connectivity index is 1.82. The van der Waals surface area contributed by atoms with Crippen molar-refractivity contribution in [1.29, 1.82) is 0 Å². The zero-order valence-corrected chi connectivity index (χ0v) is 12.2. The highest BCUT2D eigenvalue weighted by Gasteiger charge is 2.17. The number of aliphatic carboxylic acids is 1. The molecule has 1 atom stereocenters. The molecule has 0 spiro atoms. The van der Waals surface area contributed by atoms with Crippen molar-refractivity contribution in [3.05, 3.63) is 11.9 Å². The summed E-state index contributed by atoms with van der Waals surface area (Å²) >= 11 is 0.